The van der Waals surface area contributed by atoms with Crippen LogP contribution in [0.25, 0.3) is 38.8 Å². The van der Waals surface area contributed by atoms with E-state index in [4.69, 9.17) is 14.0 Å². The SMILES string of the molecule is [2H]C([2H])([2H])c1ccnc(-n2c3[c-]c(C4(c5[c-]c(N6[OH+]N(C(C)(C)C)c7ccccc76)ccc5)c5ccccc5-c5ccccc54)ccc3c3ccccc32)c1.[Pt]. The Morgan fingerprint density at radius 3 is 2.11 bits per heavy atom. The minimum absolute atomic E-state index is 0. The summed E-state index contributed by atoms with van der Waals surface area (Å²) in [6, 6.07) is 55.6. The van der Waals surface area contributed by atoms with E-state index >= 15 is 0 Å². The predicted molar refractivity (Wildman–Crippen MR) is 211 cm³/mol. The van der Waals surface area contributed by atoms with Gasteiger partial charge in [-0.05, 0) is 91.2 Å². The smallest absolute Gasteiger partial charge is 0.145 e. The van der Waals surface area contributed by atoms with Crippen LogP contribution in [-0.4, -0.2) is 20.0 Å². The van der Waals surface area contributed by atoms with Crippen LogP contribution in [0.2, 0.25) is 0 Å². The number of hydroxylamine groups is 1. The number of nitrogens with zero attached hydrogens (tertiary/aromatic N) is 4. The molecule has 0 amide bonds. The third-order valence-electron chi connectivity index (χ3n) is 10.5. The fourth-order valence-corrected chi connectivity index (χ4v) is 8.33. The molecule has 0 saturated carbocycles. The van der Waals surface area contributed by atoms with E-state index in [9.17, 15) is 0 Å². The molecular weight excluding hydrogens is 832 g/mol. The molecule has 3 heterocycles. The molecule has 2 aliphatic rings. The molecule has 8 aromatic rings. The largest absolute Gasteiger partial charge is 0.319 e. The molecule has 1 aliphatic carbocycles. The fraction of sp³-hybridized carbons (Fsp3) is 0.128. The van der Waals surface area contributed by atoms with Crippen LogP contribution in [0.5, 0.6) is 0 Å². The Kier molecular flexibility index (Phi) is 6.97. The van der Waals surface area contributed by atoms with E-state index in [1.54, 1.807) is 18.3 Å². The average Bonchev–Trinajstić information content (AvgIpc) is 3.85. The molecule has 53 heavy (non-hydrogen) atoms. The summed E-state index contributed by atoms with van der Waals surface area (Å²) in [5, 5.41) is 6.12. The summed E-state index contributed by atoms with van der Waals surface area (Å²) >= 11 is 0. The number of benzene rings is 6. The number of anilines is 3. The van der Waals surface area contributed by atoms with E-state index in [1.807, 2.05) is 27.8 Å². The molecule has 0 spiro atoms. The zero-order valence-electron chi connectivity index (χ0n) is 32.4. The van der Waals surface area contributed by atoms with Gasteiger partial charge in [0.05, 0.1) is 0 Å². The Balaban J connectivity index is 0.00000410. The summed E-state index contributed by atoms with van der Waals surface area (Å²) < 4.78 is 26.5. The standard InChI is InChI=1S/C47H36N4O.Pt/c1-31-26-27-48-45(28-31)49-41-21-10-7-18-37(41)38-25-24-33(30-44(38)49)47(39-19-8-5-16-35(39)36-17-6-9-20-40(36)47)32-14-13-15-34(29-32)50-42-22-11-12-23-43(42)51(52-50)46(2,3)4;/h5-28H,1-4H3;/q-2;/p+1/i1D3;. The van der Waals surface area contributed by atoms with Crippen LogP contribution in [-0.2, 0) is 26.5 Å². The van der Waals surface area contributed by atoms with Gasteiger partial charge in [0, 0.05) is 48.0 Å². The first-order valence-electron chi connectivity index (χ1n) is 19.1. The molecule has 0 atom stereocenters. The molecule has 1 aliphatic heterocycles. The average molecular weight is 872 g/mol. The van der Waals surface area contributed by atoms with Crippen molar-refractivity contribution in [3.8, 4) is 16.9 Å². The van der Waals surface area contributed by atoms with Gasteiger partial charge >= 0.3 is 0 Å². The third-order valence-corrected chi connectivity index (χ3v) is 10.5. The van der Waals surface area contributed by atoms with Gasteiger partial charge in [-0.3, -0.25) is 0 Å². The molecule has 6 heteroatoms. The summed E-state index contributed by atoms with van der Waals surface area (Å²) in [7, 11) is 0. The number of rotatable bonds is 4. The van der Waals surface area contributed by atoms with Crippen molar-refractivity contribution >= 4 is 38.9 Å². The van der Waals surface area contributed by atoms with Crippen LogP contribution in [0.1, 0.15) is 52.7 Å². The molecule has 2 aromatic heterocycles. The summed E-state index contributed by atoms with van der Waals surface area (Å²) in [5.41, 5.74) is 10.3. The van der Waals surface area contributed by atoms with Crippen LogP contribution in [0, 0.1) is 19.0 Å². The van der Waals surface area contributed by atoms with Gasteiger partial charge in [0.1, 0.15) is 22.7 Å². The van der Waals surface area contributed by atoms with Crippen LogP contribution >= 0.6 is 0 Å². The number of aromatic nitrogens is 2. The molecule has 0 fully saturated rings. The van der Waals surface area contributed by atoms with Gasteiger partial charge in [-0.25, -0.2) is 4.98 Å². The topological polar surface area (TPSA) is 37.1 Å². The van der Waals surface area contributed by atoms with Crippen molar-refractivity contribution in [2.45, 2.75) is 38.6 Å². The van der Waals surface area contributed by atoms with Crippen molar-refractivity contribution in [3.05, 3.63) is 186 Å². The van der Waals surface area contributed by atoms with Crippen molar-refractivity contribution < 1.29 is 30.1 Å². The third kappa shape index (κ3) is 4.88. The van der Waals surface area contributed by atoms with Crippen LogP contribution in [0.15, 0.2) is 146 Å². The van der Waals surface area contributed by atoms with Gasteiger partial charge in [0.2, 0.25) is 0 Å². The van der Waals surface area contributed by atoms with Gasteiger partial charge in [-0.2, -0.15) is 35.3 Å². The molecule has 0 radical (unpaired) electrons. The van der Waals surface area contributed by atoms with Crippen molar-refractivity contribution in [1.29, 1.82) is 0 Å². The number of hydrogen-bond donors (Lipinski definition) is 0. The summed E-state index contributed by atoms with van der Waals surface area (Å²) in [5.74, 6) is 0.528. The number of para-hydroxylation sites is 3. The van der Waals surface area contributed by atoms with Gasteiger partial charge in [-0.1, -0.05) is 84.4 Å². The van der Waals surface area contributed by atoms with Crippen LogP contribution in [0.4, 0.5) is 17.1 Å². The molecule has 6 aromatic carbocycles. The second-order valence-corrected chi connectivity index (χ2v) is 14.6. The van der Waals surface area contributed by atoms with Gasteiger partial charge in [0.25, 0.3) is 0 Å². The Hall–Kier alpha value is -5.48. The number of hydrogen-bond acceptors (Lipinski definition) is 3. The van der Waals surface area contributed by atoms with E-state index in [1.165, 1.54) is 0 Å². The first-order chi connectivity index (χ1) is 26.5. The van der Waals surface area contributed by atoms with E-state index in [0.29, 0.717) is 5.82 Å². The molecule has 262 valence electrons. The number of fused-ring (bicyclic) bond motifs is 7. The van der Waals surface area contributed by atoms with Gasteiger partial charge in [0.15, 0.2) is 0 Å². The number of pyridine rings is 1. The maximum atomic E-state index is 8.16. The van der Waals surface area contributed by atoms with Crippen molar-refractivity contribution in [2.75, 3.05) is 10.1 Å². The minimum atomic E-state index is -2.28. The first-order valence-corrected chi connectivity index (χ1v) is 17.6. The Bertz CT molecular complexity index is 2780. The first kappa shape index (κ1) is 30.0. The van der Waals surface area contributed by atoms with Crippen molar-refractivity contribution in [1.82, 2.24) is 9.55 Å². The molecule has 0 bridgehead atoms. The summed E-state index contributed by atoms with van der Waals surface area (Å²) in [4.78, 5) is 9.90. The number of aryl methyl sites for hydroxylation is 1. The Morgan fingerprint density at radius 2 is 1.36 bits per heavy atom. The van der Waals surface area contributed by atoms with Crippen molar-refractivity contribution in [2.24, 2.45) is 0 Å². The maximum Gasteiger partial charge on any atom is 0.145 e. The Labute approximate surface area is 328 Å². The second kappa shape index (κ2) is 12.3. The van der Waals surface area contributed by atoms with E-state index in [-0.39, 0.29) is 32.2 Å². The van der Waals surface area contributed by atoms with E-state index in [0.717, 1.165) is 72.2 Å². The van der Waals surface area contributed by atoms with Crippen LogP contribution < -0.4 is 10.1 Å². The van der Waals surface area contributed by atoms with Crippen molar-refractivity contribution in [3.63, 3.8) is 0 Å². The molecule has 10 rings (SSSR count). The molecule has 0 saturated heterocycles. The Morgan fingerprint density at radius 1 is 0.679 bits per heavy atom. The molecule has 1 N–H and O–H groups in total. The summed E-state index contributed by atoms with van der Waals surface area (Å²) in [6.45, 7) is 4.22. The monoisotopic (exact) mass is 871 g/mol. The zero-order valence-corrected chi connectivity index (χ0v) is 31.7. The maximum absolute atomic E-state index is 8.16. The van der Waals surface area contributed by atoms with E-state index < -0.39 is 12.3 Å². The van der Waals surface area contributed by atoms with Crippen LogP contribution in [0.3, 0.4) is 0 Å². The zero-order chi connectivity index (χ0) is 37.7. The fourth-order valence-electron chi connectivity index (χ4n) is 8.33. The van der Waals surface area contributed by atoms with E-state index in [2.05, 4.69) is 147 Å². The normalized spacial score (nSPS) is 15.3. The minimum Gasteiger partial charge on any atom is -0.319 e. The molecule has 0 unspecified atom stereocenters. The quantitative estimate of drug-likeness (QED) is 0.131. The molecular formula is C47H37N4OPt-. The summed E-state index contributed by atoms with van der Waals surface area (Å²) in [6.07, 6.45) is 1.58. The predicted octanol–water partition coefficient (Wildman–Crippen LogP) is 11.0. The van der Waals surface area contributed by atoms with Gasteiger partial charge < -0.3 is 4.57 Å². The second-order valence-electron chi connectivity index (χ2n) is 14.6. The molecule has 5 nitrogen and oxygen atoms in total. The van der Waals surface area contributed by atoms with Gasteiger partial charge in [-0.15, -0.1) is 38.8 Å².